The molecule has 7 nitrogen and oxygen atoms in total. The van der Waals surface area contributed by atoms with Crippen molar-refractivity contribution < 1.29 is 13.2 Å². The number of aromatic nitrogens is 1. The molecular weight excluding hydrogens is 364 g/mol. The Kier molecular flexibility index (Phi) is 5.76. The largest absolute Gasteiger partial charge is 0.355 e. The predicted octanol–water partition coefficient (Wildman–Crippen LogP) is 1.57. The molecule has 1 aliphatic rings. The van der Waals surface area contributed by atoms with E-state index in [1.54, 1.807) is 12.3 Å². The van der Waals surface area contributed by atoms with E-state index in [9.17, 15) is 13.2 Å². The average molecular weight is 388 g/mol. The van der Waals surface area contributed by atoms with Gasteiger partial charge < -0.3 is 10.2 Å². The SMILES string of the molecule is Cc1ccc(CNC(=O)C2CCN(c3ncccc3S(N)(=O)=O)CC2)cc1. The van der Waals surface area contributed by atoms with Crippen LogP contribution < -0.4 is 15.4 Å². The Hall–Kier alpha value is -2.45. The number of nitrogens with two attached hydrogens (primary N) is 1. The van der Waals surface area contributed by atoms with Crippen molar-refractivity contribution in [1.29, 1.82) is 0 Å². The Morgan fingerprint density at radius 2 is 1.89 bits per heavy atom. The van der Waals surface area contributed by atoms with Gasteiger partial charge >= 0.3 is 0 Å². The highest BCUT2D eigenvalue weighted by Gasteiger charge is 2.28. The second-order valence-electron chi connectivity index (χ2n) is 6.83. The Morgan fingerprint density at radius 3 is 2.52 bits per heavy atom. The Bertz CT molecular complexity index is 905. The summed E-state index contributed by atoms with van der Waals surface area (Å²) in [5.74, 6) is 0.301. The van der Waals surface area contributed by atoms with Crippen molar-refractivity contribution in [3.05, 3.63) is 53.7 Å². The fourth-order valence-electron chi connectivity index (χ4n) is 3.23. The van der Waals surface area contributed by atoms with Gasteiger partial charge in [0, 0.05) is 31.7 Å². The van der Waals surface area contributed by atoms with E-state index in [0.717, 1.165) is 5.56 Å². The number of anilines is 1. The second kappa shape index (κ2) is 8.06. The molecule has 1 amide bonds. The molecule has 0 unspecified atom stereocenters. The average Bonchev–Trinajstić information content (AvgIpc) is 2.67. The summed E-state index contributed by atoms with van der Waals surface area (Å²) >= 11 is 0. The van der Waals surface area contributed by atoms with Gasteiger partial charge in [-0.1, -0.05) is 29.8 Å². The maximum absolute atomic E-state index is 12.4. The molecule has 2 heterocycles. The highest BCUT2D eigenvalue weighted by molar-refractivity contribution is 7.89. The van der Waals surface area contributed by atoms with E-state index in [1.165, 1.54) is 11.6 Å². The molecule has 3 rings (SSSR count). The first kappa shape index (κ1) is 19.3. The Morgan fingerprint density at radius 1 is 1.22 bits per heavy atom. The van der Waals surface area contributed by atoms with Gasteiger partial charge in [0.1, 0.15) is 10.7 Å². The van der Waals surface area contributed by atoms with Crippen LogP contribution >= 0.6 is 0 Å². The van der Waals surface area contributed by atoms with Gasteiger partial charge in [0.05, 0.1) is 0 Å². The van der Waals surface area contributed by atoms with E-state index < -0.39 is 10.0 Å². The molecule has 0 aliphatic carbocycles. The molecule has 0 saturated carbocycles. The fourth-order valence-corrected chi connectivity index (χ4v) is 3.94. The molecule has 1 aromatic carbocycles. The van der Waals surface area contributed by atoms with Crippen molar-refractivity contribution in [2.45, 2.75) is 31.2 Å². The lowest BCUT2D eigenvalue weighted by Gasteiger charge is -2.32. The quantitative estimate of drug-likeness (QED) is 0.809. The summed E-state index contributed by atoms with van der Waals surface area (Å²) < 4.78 is 23.5. The van der Waals surface area contributed by atoms with Crippen molar-refractivity contribution in [3.63, 3.8) is 0 Å². The number of pyridine rings is 1. The third kappa shape index (κ3) is 4.84. The number of sulfonamides is 1. The summed E-state index contributed by atoms with van der Waals surface area (Å²) in [6.45, 7) is 3.65. The molecule has 27 heavy (non-hydrogen) atoms. The molecule has 0 atom stereocenters. The third-order valence-electron chi connectivity index (χ3n) is 4.81. The van der Waals surface area contributed by atoms with Gasteiger partial charge in [-0.2, -0.15) is 0 Å². The van der Waals surface area contributed by atoms with Crippen LogP contribution in [0, 0.1) is 12.8 Å². The van der Waals surface area contributed by atoms with Crippen LogP contribution in [0.15, 0.2) is 47.5 Å². The van der Waals surface area contributed by atoms with Gasteiger partial charge in [0.2, 0.25) is 15.9 Å². The lowest BCUT2D eigenvalue weighted by Crippen LogP contribution is -2.41. The maximum Gasteiger partial charge on any atom is 0.241 e. The van der Waals surface area contributed by atoms with E-state index in [1.807, 2.05) is 36.1 Å². The van der Waals surface area contributed by atoms with Gasteiger partial charge in [0.25, 0.3) is 0 Å². The topological polar surface area (TPSA) is 105 Å². The smallest absolute Gasteiger partial charge is 0.241 e. The van der Waals surface area contributed by atoms with Crippen molar-refractivity contribution in [1.82, 2.24) is 10.3 Å². The fraction of sp³-hybridized carbons (Fsp3) is 0.368. The van der Waals surface area contributed by atoms with Crippen LogP contribution in [0.2, 0.25) is 0 Å². The van der Waals surface area contributed by atoms with E-state index in [0.29, 0.717) is 38.3 Å². The molecule has 1 aliphatic heterocycles. The summed E-state index contributed by atoms with van der Waals surface area (Å²) in [5, 5.41) is 8.27. The summed E-state index contributed by atoms with van der Waals surface area (Å²) in [5.41, 5.74) is 2.25. The highest BCUT2D eigenvalue weighted by atomic mass is 32.2. The van der Waals surface area contributed by atoms with Crippen molar-refractivity contribution >= 4 is 21.7 Å². The van der Waals surface area contributed by atoms with E-state index in [2.05, 4.69) is 10.3 Å². The molecular formula is C19H24N4O3S. The second-order valence-corrected chi connectivity index (χ2v) is 8.36. The molecule has 2 aromatic rings. The number of aryl methyl sites for hydroxylation is 1. The first-order chi connectivity index (χ1) is 12.8. The van der Waals surface area contributed by atoms with Crippen LogP contribution in [-0.4, -0.2) is 32.4 Å². The number of nitrogens with one attached hydrogen (secondary N) is 1. The van der Waals surface area contributed by atoms with Crippen molar-refractivity contribution in [2.75, 3.05) is 18.0 Å². The van der Waals surface area contributed by atoms with Crippen LogP contribution in [0.25, 0.3) is 0 Å². The van der Waals surface area contributed by atoms with Crippen molar-refractivity contribution in [2.24, 2.45) is 11.1 Å². The number of piperidine rings is 1. The first-order valence-corrected chi connectivity index (χ1v) is 10.5. The lowest BCUT2D eigenvalue weighted by atomic mass is 9.95. The molecule has 1 aromatic heterocycles. The molecule has 0 radical (unpaired) electrons. The predicted molar refractivity (Wildman–Crippen MR) is 104 cm³/mol. The number of nitrogens with zero attached hydrogens (tertiary/aromatic N) is 2. The minimum Gasteiger partial charge on any atom is -0.355 e. The number of hydrogen-bond donors (Lipinski definition) is 2. The number of benzene rings is 1. The zero-order valence-corrected chi connectivity index (χ0v) is 16.1. The van der Waals surface area contributed by atoms with Crippen LogP contribution in [0.4, 0.5) is 5.82 Å². The Balaban J connectivity index is 1.57. The van der Waals surface area contributed by atoms with Gasteiger partial charge in [-0.15, -0.1) is 0 Å². The number of hydrogen-bond acceptors (Lipinski definition) is 5. The van der Waals surface area contributed by atoms with Crippen LogP contribution in [0.3, 0.4) is 0 Å². The molecule has 144 valence electrons. The third-order valence-corrected chi connectivity index (χ3v) is 5.74. The van der Waals surface area contributed by atoms with Crippen LogP contribution in [0.5, 0.6) is 0 Å². The summed E-state index contributed by atoms with van der Waals surface area (Å²) in [6, 6.07) is 11.1. The summed E-state index contributed by atoms with van der Waals surface area (Å²) in [6.07, 6.45) is 2.82. The number of primary sulfonamides is 1. The summed E-state index contributed by atoms with van der Waals surface area (Å²) in [7, 11) is -3.84. The van der Waals surface area contributed by atoms with E-state index in [4.69, 9.17) is 5.14 Å². The van der Waals surface area contributed by atoms with E-state index in [-0.39, 0.29) is 16.7 Å². The summed E-state index contributed by atoms with van der Waals surface area (Å²) in [4.78, 5) is 18.5. The first-order valence-electron chi connectivity index (χ1n) is 8.90. The number of carbonyl (C=O) groups is 1. The minimum atomic E-state index is -3.84. The number of amides is 1. The number of rotatable bonds is 5. The minimum absolute atomic E-state index is 0.0206. The molecule has 3 N–H and O–H groups in total. The normalized spacial score (nSPS) is 15.6. The van der Waals surface area contributed by atoms with E-state index >= 15 is 0 Å². The van der Waals surface area contributed by atoms with Gasteiger partial charge in [-0.05, 0) is 37.5 Å². The zero-order valence-electron chi connectivity index (χ0n) is 15.3. The highest BCUT2D eigenvalue weighted by Crippen LogP contribution is 2.26. The van der Waals surface area contributed by atoms with Gasteiger partial charge in [-0.3, -0.25) is 4.79 Å². The zero-order chi connectivity index (χ0) is 19.4. The number of carbonyl (C=O) groups excluding carboxylic acids is 1. The molecule has 1 saturated heterocycles. The standard InChI is InChI=1S/C19H24N4O3S/c1-14-4-6-15(7-5-14)13-22-19(24)16-8-11-23(12-9-16)18-17(27(20,25)26)3-2-10-21-18/h2-7,10,16H,8-9,11-13H2,1H3,(H,22,24)(H2,20,25,26). The lowest BCUT2D eigenvalue weighted by molar-refractivity contribution is -0.125. The molecule has 1 fully saturated rings. The van der Waals surface area contributed by atoms with Gasteiger partial charge in [0.15, 0.2) is 0 Å². The van der Waals surface area contributed by atoms with Crippen molar-refractivity contribution in [3.8, 4) is 0 Å². The van der Waals surface area contributed by atoms with Crippen LogP contribution in [0.1, 0.15) is 24.0 Å². The monoisotopic (exact) mass is 388 g/mol. The van der Waals surface area contributed by atoms with Crippen LogP contribution in [-0.2, 0) is 21.4 Å². The molecule has 8 heteroatoms. The molecule has 0 bridgehead atoms. The maximum atomic E-state index is 12.4. The Labute approximate surface area is 159 Å². The molecule has 0 spiro atoms. The van der Waals surface area contributed by atoms with Gasteiger partial charge in [-0.25, -0.2) is 18.5 Å².